The second-order valence-electron chi connectivity index (χ2n) is 4.78. The first-order valence-corrected chi connectivity index (χ1v) is 6.27. The number of benzene rings is 2. The van der Waals surface area contributed by atoms with E-state index >= 15 is 0 Å². The number of hydrogen-bond acceptors (Lipinski definition) is 2. The first-order valence-electron chi connectivity index (χ1n) is 6.27. The molecule has 2 aromatic carbocycles. The van der Waals surface area contributed by atoms with Gasteiger partial charge in [0.25, 0.3) is 0 Å². The number of hydrogen-bond donors (Lipinski definition) is 1. The summed E-state index contributed by atoms with van der Waals surface area (Å²) >= 11 is 0. The zero-order valence-corrected chi connectivity index (χ0v) is 11.4. The molecule has 20 heavy (non-hydrogen) atoms. The Bertz CT molecular complexity index is 623. The molecule has 2 aromatic rings. The lowest BCUT2D eigenvalue weighted by atomic mass is 10.1. The van der Waals surface area contributed by atoms with Crippen molar-refractivity contribution in [1.82, 2.24) is 0 Å². The van der Waals surface area contributed by atoms with Gasteiger partial charge in [-0.2, -0.15) is 0 Å². The van der Waals surface area contributed by atoms with Crippen LogP contribution >= 0.6 is 0 Å². The number of halogens is 1. The molecule has 2 rings (SSSR count). The van der Waals surface area contributed by atoms with Gasteiger partial charge in [-0.05, 0) is 24.6 Å². The first kappa shape index (κ1) is 14.1. The van der Waals surface area contributed by atoms with Crippen LogP contribution in [-0.4, -0.2) is 18.1 Å². The third kappa shape index (κ3) is 2.96. The maximum atomic E-state index is 13.9. The molecule has 0 spiro atoms. The van der Waals surface area contributed by atoms with Crippen molar-refractivity contribution in [3.63, 3.8) is 0 Å². The largest absolute Gasteiger partial charge is 0.478 e. The van der Waals surface area contributed by atoms with Crippen LogP contribution in [0.15, 0.2) is 42.5 Å². The number of para-hydroxylation sites is 1. The number of nitrogens with zero attached hydrogens (tertiary/aromatic N) is 1. The molecular formula is C16H16FNO2. The predicted molar refractivity (Wildman–Crippen MR) is 76.6 cm³/mol. The van der Waals surface area contributed by atoms with Crippen LogP contribution in [0.5, 0.6) is 0 Å². The van der Waals surface area contributed by atoms with Crippen LogP contribution in [0.2, 0.25) is 0 Å². The molecule has 3 nitrogen and oxygen atoms in total. The highest BCUT2D eigenvalue weighted by molar-refractivity contribution is 5.94. The van der Waals surface area contributed by atoms with Crippen LogP contribution in [0.25, 0.3) is 0 Å². The zero-order chi connectivity index (χ0) is 14.7. The number of carboxylic acids is 1. The minimum Gasteiger partial charge on any atom is -0.478 e. The van der Waals surface area contributed by atoms with Gasteiger partial charge in [-0.25, -0.2) is 9.18 Å². The van der Waals surface area contributed by atoms with Gasteiger partial charge in [0.15, 0.2) is 0 Å². The smallest absolute Gasteiger partial charge is 0.337 e. The molecule has 0 aromatic heterocycles. The Hall–Kier alpha value is -2.36. The molecule has 1 N–H and O–H groups in total. The Morgan fingerprint density at radius 1 is 1.20 bits per heavy atom. The van der Waals surface area contributed by atoms with Crippen molar-refractivity contribution in [2.75, 3.05) is 11.9 Å². The molecule has 0 saturated carbocycles. The van der Waals surface area contributed by atoms with Gasteiger partial charge in [0.05, 0.1) is 11.3 Å². The summed E-state index contributed by atoms with van der Waals surface area (Å²) in [4.78, 5) is 12.8. The van der Waals surface area contributed by atoms with Gasteiger partial charge in [0.2, 0.25) is 0 Å². The maximum Gasteiger partial charge on any atom is 0.337 e. The lowest BCUT2D eigenvalue weighted by molar-refractivity contribution is 0.0697. The lowest BCUT2D eigenvalue weighted by Crippen LogP contribution is -2.20. The standard InChI is InChI=1S/C16H16FNO2/c1-11-6-8-12(9-7-11)10-18(2)15-13(16(19)20)4-3-5-14(15)17/h3-9H,10H2,1-2H3,(H,19,20). The van der Waals surface area contributed by atoms with Gasteiger partial charge in [0.1, 0.15) is 5.82 Å². The summed E-state index contributed by atoms with van der Waals surface area (Å²) in [7, 11) is 1.69. The molecule has 0 bridgehead atoms. The second-order valence-corrected chi connectivity index (χ2v) is 4.78. The highest BCUT2D eigenvalue weighted by atomic mass is 19.1. The lowest BCUT2D eigenvalue weighted by Gasteiger charge is -2.22. The van der Waals surface area contributed by atoms with Crippen LogP contribution in [0.3, 0.4) is 0 Å². The Kier molecular flexibility index (Phi) is 4.03. The molecule has 0 amide bonds. The number of anilines is 1. The summed E-state index contributed by atoms with van der Waals surface area (Å²) < 4.78 is 13.9. The van der Waals surface area contributed by atoms with Crippen molar-refractivity contribution in [2.45, 2.75) is 13.5 Å². The number of aryl methyl sites for hydroxylation is 1. The zero-order valence-electron chi connectivity index (χ0n) is 11.4. The van der Waals surface area contributed by atoms with Crippen molar-refractivity contribution in [3.05, 3.63) is 65.0 Å². The third-order valence-electron chi connectivity index (χ3n) is 3.14. The Balaban J connectivity index is 2.31. The summed E-state index contributed by atoms with van der Waals surface area (Å²) in [6.07, 6.45) is 0. The molecule has 0 saturated heterocycles. The summed E-state index contributed by atoms with van der Waals surface area (Å²) in [5.41, 5.74) is 2.23. The van der Waals surface area contributed by atoms with Crippen LogP contribution < -0.4 is 4.90 Å². The fourth-order valence-corrected chi connectivity index (χ4v) is 2.12. The van der Waals surface area contributed by atoms with Crippen LogP contribution in [0.4, 0.5) is 10.1 Å². The van der Waals surface area contributed by atoms with Gasteiger partial charge >= 0.3 is 5.97 Å². The molecule has 4 heteroatoms. The fourth-order valence-electron chi connectivity index (χ4n) is 2.12. The molecule has 0 atom stereocenters. The van der Waals surface area contributed by atoms with Gasteiger partial charge in [-0.1, -0.05) is 35.9 Å². The topological polar surface area (TPSA) is 40.5 Å². The van der Waals surface area contributed by atoms with E-state index in [1.54, 1.807) is 11.9 Å². The van der Waals surface area contributed by atoms with Crippen molar-refractivity contribution < 1.29 is 14.3 Å². The minimum atomic E-state index is -1.13. The Morgan fingerprint density at radius 3 is 2.45 bits per heavy atom. The molecule has 0 fully saturated rings. The van der Waals surface area contributed by atoms with Crippen molar-refractivity contribution in [3.8, 4) is 0 Å². The summed E-state index contributed by atoms with van der Waals surface area (Å²) in [5.74, 6) is -1.66. The molecular weight excluding hydrogens is 257 g/mol. The number of carbonyl (C=O) groups is 1. The van der Waals surface area contributed by atoms with E-state index < -0.39 is 11.8 Å². The van der Waals surface area contributed by atoms with Gasteiger partial charge in [0, 0.05) is 13.6 Å². The Labute approximate surface area is 117 Å². The van der Waals surface area contributed by atoms with Gasteiger partial charge in [-0.3, -0.25) is 0 Å². The molecule has 0 unspecified atom stereocenters. The average molecular weight is 273 g/mol. The normalized spacial score (nSPS) is 10.3. The number of aromatic carboxylic acids is 1. The molecule has 0 aliphatic carbocycles. The number of carboxylic acid groups (broad SMARTS) is 1. The molecule has 0 radical (unpaired) electrons. The van der Waals surface area contributed by atoms with Crippen molar-refractivity contribution in [1.29, 1.82) is 0 Å². The maximum absolute atomic E-state index is 13.9. The average Bonchev–Trinajstić information content (AvgIpc) is 2.40. The van der Waals surface area contributed by atoms with E-state index in [-0.39, 0.29) is 11.3 Å². The molecule has 104 valence electrons. The molecule has 0 aliphatic heterocycles. The van der Waals surface area contributed by atoms with Gasteiger partial charge < -0.3 is 10.0 Å². The van der Waals surface area contributed by atoms with Crippen LogP contribution in [-0.2, 0) is 6.54 Å². The van der Waals surface area contributed by atoms with E-state index in [1.807, 2.05) is 31.2 Å². The Morgan fingerprint density at radius 2 is 1.85 bits per heavy atom. The summed E-state index contributed by atoms with van der Waals surface area (Å²) in [6, 6.07) is 11.9. The fraction of sp³-hybridized carbons (Fsp3) is 0.188. The van der Waals surface area contributed by atoms with E-state index in [0.29, 0.717) is 6.54 Å². The van der Waals surface area contributed by atoms with Crippen molar-refractivity contribution in [2.24, 2.45) is 0 Å². The summed E-state index contributed by atoms with van der Waals surface area (Å²) in [5, 5.41) is 9.15. The monoisotopic (exact) mass is 273 g/mol. The van der Waals surface area contributed by atoms with Crippen LogP contribution in [0, 0.1) is 12.7 Å². The first-order chi connectivity index (χ1) is 9.49. The molecule has 0 heterocycles. The highest BCUT2D eigenvalue weighted by Gasteiger charge is 2.17. The molecule has 0 aliphatic rings. The van der Waals surface area contributed by atoms with Crippen molar-refractivity contribution >= 4 is 11.7 Å². The predicted octanol–water partition coefficient (Wildman–Crippen LogP) is 3.47. The van der Waals surface area contributed by atoms with E-state index in [1.165, 1.54) is 18.2 Å². The quantitative estimate of drug-likeness (QED) is 0.927. The van der Waals surface area contributed by atoms with Crippen LogP contribution in [0.1, 0.15) is 21.5 Å². The van der Waals surface area contributed by atoms with E-state index in [9.17, 15) is 9.18 Å². The van der Waals surface area contributed by atoms with E-state index in [0.717, 1.165) is 11.1 Å². The summed E-state index contributed by atoms with van der Waals surface area (Å²) in [6.45, 7) is 2.44. The highest BCUT2D eigenvalue weighted by Crippen LogP contribution is 2.25. The van der Waals surface area contributed by atoms with E-state index in [4.69, 9.17) is 5.11 Å². The second kappa shape index (κ2) is 5.74. The SMILES string of the molecule is Cc1ccc(CN(C)c2c(F)cccc2C(=O)O)cc1. The number of rotatable bonds is 4. The third-order valence-corrected chi connectivity index (χ3v) is 3.14. The minimum absolute atomic E-state index is 0.0281. The van der Waals surface area contributed by atoms with Gasteiger partial charge in [-0.15, -0.1) is 0 Å². The van der Waals surface area contributed by atoms with E-state index in [2.05, 4.69) is 0 Å².